The number of methoxy groups -OCH3 is 1. The molecule has 2 amide bonds. The number of fused-ring (bicyclic) bond motifs is 1. The van der Waals surface area contributed by atoms with Gasteiger partial charge in [-0.25, -0.2) is 0 Å². The molecule has 30 heavy (non-hydrogen) atoms. The van der Waals surface area contributed by atoms with Gasteiger partial charge in [0.25, 0.3) is 11.8 Å². The molecule has 1 heterocycles. The highest BCUT2D eigenvalue weighted by molar-refractivity contribution is 14.0. The number of ether oxygens (including phenoxy) is 1. The zero-order valence-corrected chi connectivity index (χ0v) is 21.0. The Hall–Kier alpha value is -1.68. The number of nitrogens with zero attached hydrogens (tertiary/aromatic N) is 2. The van der Waals surface area contributed by atoms with Crippen LogP contribution in [0.5, 0.6) is 0 Å². The van der Waals surface area contributed by atoms with E-state index in [0.29, 0.717) is 30.8 Å². The fourth-order valence-corrected chi connectivity index (χ4v) is 3.26. The van der Waals surface area contributed by atoms with Crippen molar-refractivity contribution < 1.29 is 14.3 Å². The second-order valence-electron chi connectivity index (χ2n) is 8.25. The van der Waals surface area contributed by atoms with Crippen LogP contribution in [-0.2, 0) is 4.74 Å². The van der Waals surface area contributed by atoms with Crippen molar-refractivity contribution in [2.24, 2.45) is 10.4 Å². The zero-order chi connectivity index (χ0) is 21.4. The monoisotopic (exact) mass is 530 g/mol. The van der Waals surface area contributed by atoms with E-state index in [2.05, 4.69) is 36.4 Å². The van der Waals surface area contributed by atoms with Crippen LogP contribution in [0.2, 0.25) is 0 Å². The normalized spacial score (nSPS) is 15.0. The highest BCUT2D eigenvalue weighted by atomic mass is 127. The zero-order valence-electron chi connectivity index (χ0n) is 18.7. The number of hydrogen-bond acceptors (Lipinski definition) is 4. The molecule has 0 radical (unpaired) electrons. The van der Waals surface area contributed by atoms with Gasteiger partial charge >= 0.3 is 0 Å². The molecule has 0 fully saturated rings. The quantitative estimate of drug-likeness (QED) is 0.168. The van der Waals surface area contributed by atoms with Crippen LogP contribution in [0.1, 0.15) is 61.3 Å². The van der Waals surface area contributed by atoms with Gasteiger partial charge in [-0.1, -0.05) is 32.9 Å². The minimum Gasteiger partial charge on any atom is -0.379 e. The molecule has 1 aliphatic rings. The van der Waals surface area contributed by atoms with Crippen molar-refractivity contribution in [3.05, 3.63) is 35.4 Å². The summed E-state index contributed by atoms with van der Waals surface area (Å²) in [5.74, 6) is 0.363. The molecule has 2 N–H and O–H groups in total. The molecule has 2 rings (SSSR count). The fraction of sp³-hybridized carbons (Fsp3) is 0.591. The molecular weight excluding hydrogens is 495 g/mol. The first-order valence-electron chi connectivity index (χ1n) is 10.3. The van der Waals surface area contributed by atoms with Gasteiger partial charge in [-0.05, 0) is 37.3 Å². The number of carbonyl (C=O) groups excluding carboxylic acids is 2. The van der Waals surface area contributed by atoms with E-state index in [1.54, 1.807) is 31.4 Å². The summed E-state index contributed by atoms with van der Waals surface area (Å²) in [4.78, 5) is 30.7. The van der Waals surface area contributed by atoms with Crippen molar-refractivity contribution in [2.75, 3.05) is 33.3 Å². The van der Waals surface area contributed by atoms with Crippen LogP contribution in [0.15, 0.2) is 29.3 Å². The molecule has 0 aliphatic carbocycles. The van der Waals surface area contributed by atoms with Gasteiger partial charge < -0.3 is 15.4 Å². The van der Waals surface area contributed by atoms with Crippen LogP contribution in [-0.4, -0.2) is 62.1 Å². The van der Waals surface area contributed by atoms with Crippen LogP contribution in [0.25, 0.3) is 0 Å². The first-order valence-corrected chi connectivity index (χ1v) is 10.3. The van der Waals surface area contributed by atoms with Crippen LogP contribution < -0.4 is 10.6 Å². The standard InChI is InChI=1S/C22H34N4O3.HI/c1-6-23-21(25-15-18(29-5)22(2,3)4)24-13-9-10-14-26-19(27)16-11-7-8-12-17(16)20(26)28;/h7-8,11-12,18H,6,9-10,13-15H2,1-5H3,(H2,23,24,25);1H. The lowest BCUT2D eigenvalue weighted by molar-refractivity contribution is 0.0241. The Morgan fingerprint density at radius 2 is 1.70 bits per heavy atom. The number of hydrogen-bond donors (Lipinski definition) is 2. The predicted octanol–water partition coefficient (Wildman–Crippen LogP) is 3.30. The minimum absolute atomic E-state index is 0. The average Bonchev–Trinajstić information content (AvgIpc) is 2.92. The summed E-state index contributed by atoms with van der Waals surface area (Å²) < 4.78 is 5.56. The first kappa shape index (κ1) is 26.4. The lowest BCUT2D eigenvalue weighted by Gasteiger charge is -2.28. The van der Waals surface area contributed by atoms with Gasteiger partial charge in [0.1, 0.15) is 0 Å². The Morgan fingerprint density at radius 1 is 1.10 bits per heavy atom. The Labute approximate surface area is 197 Å². The van der Waals surface area contributed by atoms with E-state index in [4.69, 9.17) is 4.74 Å². The molecule has 8 heteroatoms. The van der Waals surface area contributed by atoms with Gasteiger partial charge in [-0.3, -0.25) is 19.5 Å². The highest BCUT2D eigenvalue weighted by Gasteiger charge is 2.34. The van der Waals surface area contributed by atoms with Crippen molar-refractivity contribution in [3.63, 3.8) is 0 Å². The molecule has 1 aromatic carbocycles. The number of amides is 2. The average molecular weight is 530 g/mol. The number of imide groups is 1. The van der Waals surface area contributed by atoms with Gasteiger partial charge in [-0.2, -0.15) is 0 Å². The maximum Gasteiger partial charge on any atom is 0.261 e. The van der Waals surface area contributed by atoms with Crippen molar-refractivity contribution in [2.45, 2.75) is 46.6 Å². The van der Waals surface area contributed by atoms with E-state index >= 15 is 0 Å². The largest absolute Gasteiger partial charge is 0.379 e. The highest BCUT2D eigenvalue weighted by Crippen LogP contribution is 2.23. The third-order valence-electron chi connectivity index (χ3n) is 4.99. The van der Waals surface area contributed by atoms with E-state index in [1.807, 2.05) is 6.92 Å². The van der Waals surface area contributed by atoms with Gasteiger partial charge in [0.15, 0.2) is 5.96 Å². The number of benzene rings is 1. The SMILES string of the molecule is CCNC(=NCC(OC)C(C)(C)C)NCCCCN1C(=O)c2ccccc2C1=O.I. The number of guanidine groups is 1. The van der Waals surface area contributed by atoms with Crippen LogP contribution in [0, 0.1) is 5.41 Å². The van der Waals surface area contributed by atoms with Gasteiger partial charge in [-0.15, -0.1) is 24.0 Å². The van der Waals surface area contributed by atoms with Crippen molar-refractivity contribution >= 4 is 41.8 Å². The van der Waals surface area contributed by atoms with E-state index in [0.717, 1.165) is 25.3 Å². The third kappa shape index (κ3) is 6.94. The lowest BCUT2D eigenvalue weighted by atomic mass is 9.89. The van der Waals surface area contributed by atoms with Crippen LogP contribution >= 0.6 is 24.0 Å². The number of unbranched alkanes of at least 4 members (excludes halogenated alkanes) is 1. The van der Waals surface area contributed by atoms with Gasteiger partial charge in [0, 0.05) is 26.7 Å². The minimum atomic E-state index is -0.193. The molecule has 1 aromatic rings. The molecule has 0 saturated heterocycles. The summed E-state index contributed by atoms with van der Waals surface area (Å²) in [6.45, 7) is 10.9. The summed E-state index contributed by atoms with van der Waals surface area (Å²) >= 11 is 0. The molecule has 0 bridgehead atoms. The summed E-state index contributed by atoms with van der Waals surface area (Å²) in [5.41, 5.74) is 1.02. The number of carbonyl (C=O) groups is 2. The fourth-order valence-electron chi connectivity index (χ4n) is 3.26. The molecule has 0 saturated carbocycles. The first-order chi connectivity index (χ1) is 13.8. The third-order valence-corrected chi connectivity index (χ3v) is 4.99. The molecule has 7 nitrogen and oxygen atoms in total. The number of nitrogens with one attached hydrogen (secondary N) is 2. The molecule has 1 atom stereocenters. The van der Waals surface area contributed by atoms with Crippen molar-refractivity contribution in [1.82, 2.24) is 15.5 Å². The Morgan fingerprint density at radius 3 is 2.20 bits per heavy atom. The topological polar surface area (TPSA) is 83.0 Å². The Kier molecular flexibility index (Phi) is 10.8. The number of halogens is 1. The van der Waals surface area contributed by atoms with E-state index in [9.17, 15) is 9.59 Å². The summed E-state index contributed by atoms with van der Waals surface area (Å²) in [7, 11) is 1.71. The summed E-state index contributed by atoms with van der Waals surface area (Å²) in [5, 5.41) is 6.55. The summed E-state index contributed by atoms with van der Waals surface area (Å²) in [6, 6.07) is 6.99. The van der Waals surface area contributed by atoms with Crippen LogP contribution in [0.3, 0.4) is 0 Å². The second-order valence-corrected chi connectivity index (χ2v) is 8.25. The molecule has 0 aromatic heterocycles. The van der Waals surface area contributed by atoms with E-state index in [1.165, 1.54) is 4.90 Å². The lowest BCUT2D eigenvalue weighted by Crippen LogP contribution is -2.40. The van der Waals surface area contributed by atoms with Crippen LogP contribution in [0.4, 0.5) is 0 Å². The van der Waals surface area contributed by atoms with Gasteiger partial charge in [0.05, 0.1) is 23.8 Å². The maximum absolute atomic E-state index is 12.4. The van der Waals surface area contributed by atoms with Gasteiger partial charge in [0.2, 0.25) is 0 Å². The maximum atomic E-state index is 12.4. The van der Waals surface area contributed by atoms with E-state index in [-0.39, 0.29) is 47.3 Å². The molecular formula is C22H35IN4O3. The molecule has 0 spiro atoms. The Balaban J connectivity index is 0.00000450. The molecule has 168 valence electrons. The molecule has 1 aliphatic heterocycles. The van der Waals surface area contributed by atoms with Crippen molar-refractivity contribution in [3.8, 4) is 0 Å². The van der Waals surface area contributed by atoms with E-state index < -0.39 is 0 Å². The van der Waals surface area contributed by atoms with Crippen molar-refractivity contribution in [1.29, 1.82) is 0 Å². The summed E-state index contributed by atoms with van der Waals surface area (Å²) in [6.07, 6.45) is 1.59. The molecule has 1 unspecified atom stereocenters. The number of rotatable bonds is 9. The second kappa shape index (κ2) is 12.2. The number of aliphatic imine (C=N–C) groups is 1. The Bertz CT molecular complexity index is 711. The smallest absolute Gasteiger partial charge is 0.261 e. The predicted molar refractivity (Wildman–Crippen MR) is 131 cm³/mol.